The van der Waals surface area contributed by atoms with E-state index in [1.54, 1.807) is 11.3 Å². The van der Waals surface area contributed by atoms with Crippen LogP contribution in [-0.2, 0) is 22.4 Å². The van der Waals surface area contributed by atoms with E-state index < -0.39 is 6.10 Å². The SMILES string of the molecule is CCC1Oc2ccc(-c3csc(C)n3)cc2N(CC(=O)Nc2sc3c(c2C#N)CCCC3)C1=O. The van der Waals surface area contributed by atoms with Crippen LogP contribution >= 0.6 is 22.7 Å². The first-order chi connectivity index (χ1) is 16.5. The molecule has 174 valence electrons. The Bertz CT molecular complexity index is 1320. The van der Waals surface area contributed by atoms with Crippen LogP contribution in [0.5, 0.6) is 5.75 Å². The van der Waals surface area contributed by atoms with Gasteiger partial charge < -0.3 is 10.1 Å². The number of aryl methyl sites for hydroxylation is 2. The van der Waals surface area contributed by atoms with Crippen LogP contribution in [0.1, 0.15) is 47.2 Å². The molecule has 1 atom stereocenters. The number of thiophene rings is 1. The molecule has 3 aromatic rings. The van der Waals surface area contributed by atoms with E-state index in [0.29, 0.717) is 28.4 Å². The van der Waals surface area contributed by atoms with Gasteiger partial charge in [-0.3, -0.25) is 14.5 Å². The molecule has 0 saturated carbocycles. The van der Waals surface area contributed by atoms with E-state index in [0.717, 1.165) is 47.5 Å². The van der Waals surface area contributed by atoms with Gasteiger partial charge in [-0.1, -0.05) is 6.92 Å². The quantitative estimate of drug-likeness (QED) is 0.536. The number of ether oxygens (including phenoxy) is 1. The molecule has 1 N–H and O–H groups in total. The molecular formula is C25H24N4O3S2. The molecule has 1 aliphatic carbocycles. The van der Waals surface area contributed by atoms with Gasteiger partial charge >= 0.3 is 0 Å². The zero-order valence-electron chi connectivity index (χ0n) is 19.0. The first kappa shape index (κ1) is 22.6. The van der Waals surface area contributed by atoms with Crippen LogP contribution in [0.25, 0.3) is 11.3 Å². The van der Waals surface area contributed by atoms with Crippen molar-refractivity contribution in [3.05, 3.63) is 44.6 Å². The molecule has 2 aliphatic rings. The number of nitriles is 1. The Hall–Kier alpha value is -3.22. The summed E-state index contributed by atoms with van der Waals surface area (Å²) in [7, 11) is 0. The van der Waals surface area contributed by atoms with Gasteiger partial charge in [0, 0.05) is 15.8 Å². The summed E-state index contributed by atoms with van der Waals surface area (Å²) in [6, 6.07) is 7.88. The van der Waals surface area contributed by atoms with Crippen LogP contribution in [0.15, 0.2) is 23.6 Å². The summed E-state index contributed by atoms with van der Waals surface area (Å²) < 4.78 is 5.93. The maximum Gasteiger partial charge on any atom is 0.268 e. The minimum Gasteiger partial charge on any atom is -0.478 e. The number of hydrogen-bond acceptors (Lipinski definition) is 7. The largest absolute Gasteiger partial charge is 0.478 e. The first-order valence-electron chi connectivity index (χ1n) is 11.4. The summed E-state index contributed by atoms with van der Waals surface area (Å²) >= 11 is 3.04. The second kappa shape index (κ2) is 9.20. The number of nitrogens with one attached hydrogen (secondary N) is 1. The van der Waals surface area contributed by atoms with Crippen molar-refractivity contribution in [2.75, 3.05) is 16.8 Å². The average molecular weight is 493 g/mol. The number of nitrogens with zero attached hydrogens (tertiary/aromatic N) is 3. The Balaban J connectivity index is 1.44. The lowest BCUT2D eigenvalue weighted by atomic mass is 9.96. The van der Waals surface area contributed by atoms with Crippen molar-refractivity contribution in [3.63, 3.8) is 0 Å². The molecule has 2 aromatic heterocycles. The molecule has 0 radical (unpaired) electrons. The number of carbonyl (C=O) groups excluding carboxylic acids is 2. The number of carbonyl (C=O) groups is 2. The van der Waals surface area contributed by atoms with Gasteiger partial charge in [0.1, 0.15) is 23.4 Å². The lowest BCUT2D eigenvalue weighted by Gasteiger charge is -2.34. The maximum absolute atomic E-state index is 13.2. The van der Waals surface area contributed by atoms with Gasteiger partial charge in [0.05, 0.1) is 22.0 Å². The molecule has 7 nitrogen and oxygen atoms in total. The van der Waals surface area contributed by atoms with Gasteiger partial charge in [0.2, 0.25) is 5.91 Å². The van der Waals surface area contributed by atoms with E-state index in [9.17, 15) is 14.9 Å². The van der Waals surface area contributed by atoms with Crippen molar-refractivity contribution in [1.82, 2.24) is 4.98 Å². The number of anilines is 2. The Morgan fingerprint density at radius 2 is 2.18 bits per heavy atom. The topological polar surface area (TPSA) is 95.3 Å². The second-order valence-electron chi connectivity index (χ2n) is 8.45. The number of thiazole rings is 1. The van der Waals surface area contributed by atoms with Crippen LogP contribution in [-0.4, -0.2) is 29.4 Å². The fourth-order valence-electron chi connectivity index (χ4n) is 4.48. The van der Waals surface area contributed by atoms with Crippen molar-refractivity contribution < 1.29 is 14.3 Å². The molecule has 0 bridgehead atoms. The zero-order valence-corrected chi connectivity index (χ0v) is 20.6. The summed E-state index contributed by atoms with van der Waals surface area (Å²) in [6.07, 6.45) is 3.83. The summed E-state index contributed by atoms with van der Waals surface area (Å²) in [5.74, 6) is -0.0111. The number of aromatic nitrogens is 1. The molecule has 5 rings (SSSR count). The van der Waals surface area contributed by atoms with Gasteiger partial charge in [-0.2, -0.15) is 5.26 Å². The minimum absolute atomic E-state index is 0.154. The highest BCUT2D eigenvalue weighted by molar-refractivity contribution is 7.16. The maximum atomic E-state index is 13.2. The van der Waals surface area contributed by atoms with Gasteiger partial charge in [-0.15, -0.1) is 22.7 Å². The Morgan fingerprint density at radius 1 is 1.35 bits per heavy atom. The highest BCUT2D eigenvalue weighted by Crippen LogP contribution is 2.40. The Morgan fingerprint density at radius 3 is 2.91 bits per heavy atom. The van der Waals surface area contributed by atoms with Crippen molar-refractivity contribution in [3.8, 4) is 23.1 Å². The summed E-state index contributed by atoms with van der Waals surface area (Å²) in [5.41, 5.74) is 3.87. The fourth-order valence-corrected chi connectivity index (χ4v) is 6.36. The van der Waals surface area contributed by atoms with Crippen molar-refractivity contribution in [2.45, 2.75) is 52.1 Å². The van der Waals surface area contributed by atoms with E-state index in [1.165, 1.54) is 21.1 Å². The molecule has 34 heavy (non-hydrogen) atoms. The monoisotopic (exact) mass is 492 g/mol. The Kier molecular flexibility index (Phi) is 6.11. The lowest BCUT2D eigenvalue weighted by Crippen LogP contribution is -2.48. The van der Waals surface area contributed by atoms with E-state index in [-0.39, 0.29) is 18.4 Å². The molecule has 0 fully saturated rings. The second-order valence-corrected chi connectivity index (χ2v) is 10.6. The molecular weight excluding hydrogens is 468 g/mol. The number of hydrogen-bond donors (Lipinski definition) is 1. The predicted octanol–water partition coefficient (Wildman–Crippen LogP) is 5.07. The number of rotatable bonds is 5. The normalized spacial score (nSPS) is 16.9. The third-order valence-corrected chi connectivity index (χ3v) is 8.16. The van der Waals surface area contributed by atoms with E-state index >= 15 is 0 Å². The Labute approximate surface area is 206 Å². The average Bonchev–Trinajstić information content (AvgIpc) is 3.43. The van der Waals surface area contributed by atoms with Crippen LogP contribution in [0.2, 0.25) is 0 Å². The molecule has 0 spiro atoms. The number of fused-ring (bicyclic) bond motifs is 2. The number of benzene rings is 1. The standard InChI is InChI=1S/C25H24N4O3S2/c1-3-20-25(31)29(19-10-15(8-9-21(19)32-20)18-13-33-14(2)27-18)12-23(30)28-24-17(11-26)16-6-4-5-7-22(16)34-24/h8-10,13,20H,3-7,12H2,1-2H3,(H,28,30). The lowest BCUT2D eigenvalue weighted by molar-refractivity contribution is -0.128. The molecule has 0 saturated heterocycles. The molecule has 2 amide bonds. The van der Waals surface area contributed by atoms with E-state index in [1.807, 2.05) is 37.4 Å². The third-order valence-electron chi connectivity index (χ3n) is 6.18. The molecule has 9 heteroatoms. The fraction of sp³-hybridized carbons (Fsp3) is 0.360. The van der Waals surface area contributed by atoms with Gasteiger partial charge in [0.15, 0.2) is 6.10 Å². The molecule has 1 unspecified atom stereocenters. The van der Waals surface area contributed by atoms with E-state index in [2.05, 4.69) is 16.4 Å². The third kappa shape index (κ3) is 4.08. The smallest absolute Gasteiger partial charge is 0.268 e. The molecule has 3 heterocycles. The van der Waals surface area contributed by atoms with Crippen molar-refractivity contribution in [2.24, 2.45) is 0 Å². The molecule has 1 aliphatic heterocycles. The highest BCUT2D eigenvalue weighted by Gasteiger charge is 2.35. The minimum atomic E-state index is -0.642. The van der Waals surface area contributed by atoms with Crippen molar-refractivity contribution in [1.29, 1.82) is 5.26 Å². The summed E-state index contributed by atoms with van der Waals surface area (Å²) in [6.45, 7) is 3.67. The van der Waals surface area contributed by atoms with Crippen LogP contribution < -0.4 is 15.0 Å². The predicted molar refractivity (Wildman–Crippen MR) is 134 cm³/mol. The first-order valence-corrected chi connectivity index (χ1v) is 13.1. The number of amides is 2. The van der Waals surface area contributed by atoms with E-state index in [4.69, 9.17) is 4.74 Å². The van der Waals surface area contributed by atoms with Crippen molar-refractivity contribution >= 4 is 45.2 Å². The summed E-state index contributed by atoms with van der Waals surface area (Å²) in [5, 5.41) is 16.1. The molecule has 1 aromatic carbocycles. The van der Waals surface area contributed by atoms with Gasteiger partial charge in [-0.05, 0) is 62.8 Å². The highest BCUT2D eigenvalue weighted by atomic mass is 32.1. The summed E-state index contributed by atoms with van der Waals surface area (Å²) in [4.78, 5) is 33.5. The van der Waals surface area contributed by atoms with Gasteiger partial charge in [0.25, 0.3) is 5.91 Å². The van der Waals surface area contributed by atoms with Crippen LogP contribution in [0.3, 0.4) is 0 Å². The van der Waals surface area contributed by atoms with Crippen LogP contribution in [0, 0.1) is 18.3 Å². The van der Waals surface area contributed by atoms with Gasteiger partial charge in [-0.25, -0.2) is 4.98 Å². The zero-order chi connectivity index (χ0) is 23.8. The van der Waals surface area contributed by atoms with Crippen LogP contribution in [0.4, 0.5) is 10.7 Å².